The molecule has 0 atom stereocenters. The fourth-order valence-electron chi connectivity index (χ4n) is 5.90. The topological polar surface area (TPSA) is 54.1 Å². The van der Waals surface area contributed by atoms with E-state index in [0.717, 1.165) is 71.7 Å². The third-order valence-corrected chi connectivity index (χ3v) is 7.98. The summed E-state index contributed by atoms with van der Waals surface area (Å²) in [6.07, 6.45) is 5.33. The standard InChI is InChI=1S/C17H34N4O.C15H24N2/c1-17(2,3)18-15-5-9-21(10-6-15)16(22)7-8-20-13-11-19(4)12-14-20;1-15(2,3)16-13-9-11-17(12-10-13)14-7-5-4-6-8-14/h15,18H,5-14H2,1-4H3;4-8,13,16H,9-12H2,1-3H3. The van der Waals surface area contributed by atoms with Gasteiger partial charge in [-0.15, -0.1) is 0 Å². The number of amides is 1. The molecule has 222 valence electrons. The van der Waals surface area contributed by atoms with Gasteiger partial charge >= 0.3 is 0 Å². The molecule has 0 saturated carbocycles. The second kappa shape index (κ2) is 14.8. The SMILES string of the molecule is CC(C)(C)NC1CCN(c2ccccc2)CC1.CN1CCN(CCC(=O)N2CCC(NC(C)(C)C)CC2)CC1. The van der Waals surface area contributed by atoms with Crippen LogP contribution in [0.25, 0.3) is 0 Å². The monoisotopic (exact) mass is 542 g/mol. The van der Waals surface area contributed by atoms with Crippen LogP contribution in [-0.4, -0.2) is 110 Å². The number of carbonyl (C=O) groups excluding carboxylic acids is 1. The first-order valence-corrected chi connectivity index (χ1v) is 15.4. The number of benzene rings is 1. The molecule has 7 heteroatoms. The molecule has 1 aromatic rings. The van der Waals surface area contributed by atoms with E-state index in [9.17, 15) is 4.79 Å². The molecule has 0 radical (unpaired) electrons. The zero-order chi connectivity index (χ0) is 28.5. The Balaban J connectivity index is 0.000000223. The van der Waals surface area contributed by atoms with Gasteiger partial charge in [-0.3, -0.25) is 4.79 Å². The first-order chi connectivity index (χ1) is 18.4. The number of likely N-dealkylation sites (tertiary alicyclic amines) is 1. The molecule has 0 bridgehead atoms. The van der Waals surface area contributed by atoms with Gasteiger partial charge in [-0.25, -0.2) is 0 Å². The number of rotatable bonds is 6. The number of para-hydroxylation sites is 1. The maximum atomic E-state index is 12.4. The predicted octanol–water partition coefficient (Wildman–Crippen LogP) is 4.05. The van der Waals surface area contributed by atoms with E-state index in [0.29, 0.717) is 24.4 Å². The van der Waals surface area contributed by atoms with Crippen LogP contribution in [0.3, 0.4) is 0 Å². The highest BCUT2D eigenvalue weighted by Gasteiger charge is 2.26. The molecule has 3 fully saturated rings. The molecule has 39 heavy (non-hydrogen) atoms. The molecule has 0 aromatic heterocycles. The molecule has 3 saturated heterocycles. The van der Waals surface area contributed by atoms with Crippen LogP contribution in [0.4, 0.5) is 5.69 Å². The molecule has 0 unspecified atom stereocenters. The lowest BCUT2D eigenvalue weighted by molar-refractivity contribution is -0.132. The van der Waals surface area contributed by atoms with Crippen molar-refractivity contribution in [2.24, 2.45) is 0 Å². The minimum Gasteiger partial charge on any atom is -0.371 e. The Morgan fingerprint density at radius 3 is 1.72 bits per heavy atom. The number of likely N-dealkylation sites (N-methyl/N-ethyl adjacent to an activating group) is 1. The van der Waals surface area contributed by atoms with Crippen molar-refractivity contribution >= 4 is 11.6 Å². The second-order valence-electron chi connectivity index (χ2n) is 13.9. The van der Waals surface area contributed by atoms with Crippen LogP contribution in [0.1, 0.15) is 73.6 Å². The van der Waals surface area contributed by atoms with Gasteiger partial charge in [0.05, 0.1) is 0 Å². The van der Waals surface area contributed by atoms with E-state index in [1.54, 1.807) is 0 Å². The fraction of sp³-hybridized carbons (Fsp3) is 0.781. The molecule has 3 heterocycles. The zero-order valence-electron chi connectivity index (χ0n) is 26.1. The molecule has 2 N–H and O–H groups in total. The van der Waals surface area contributed by atoms with Crippen molar-refractivity contribution in [1.29, 1.82) is 0 Å². The maximum Gasteiger partial charge on any atom is 0.223 e. The summed E-state index contributed by atoms with van der Waals surface area (Å²) < 4.78 is 0. The van der Waals surface area contributed by atoms with Gasteiger partial charge in [-0.1, -0.05) is 18.2 Å². The Morgan fingerprint density at radius 1 is 0.744 bits per heavy atom. The quantitative estimate of drug-likeness (QED) is 0.566. The third kappa shape index (κ3) is 12.2. The van der Waals surface area contributed by atoms with E-state index in [4.69, 9.17) is 0 Å². The summed E-state index contributed by atoms with van der Waals surface area (Å²) in [5.41, 5.74) is 1.76. The van der Waals surface area contributed by atoms with E-state index < -0.39 is 0 Å². The van der Waals surface area contributed by atoms with Crippen molar-refractivity contribution in [1.82, 2.24) is 25.3 Å². The van der Waals surface area contributed by atoms with Crippen LogP contribution in [0.2, 0.25) is 0 Å². The molecule has 0 spiro atoms. The van der Waals surface area contributed by atoms with E-state index >= 15 is 0 Å². The molecule has 1 aromatic carbocycles. The summed E-state index contributed by atoms with van der Waals surface area (Å²) >= 11 is 0. The predicted molar refractivity (Wildman–Crippen MR) is 166 cm³/mol. The van der Waals surface area contributed by atoms with Gasteiger partial charge in [0.2, 0.25) is 5.91 Å². The number of piperidine rings is 2. The number of anilines is 1. The number of carbonyl (C=O) groups is 1. The van der Waals surface area contributed by atoms with Crippen LogP contribution < -0.4 is 15.5 Å². The Morgan fingerprint density at radius 2 is 1.23 bits per heavy atom. The summed E-state index contributed by atoms with van der Waals surface area (Å²) in [7, 11) is 2.16. The largest absolute Gasteiger partial charge is 0.371 e. The molecule has 3 aliphatic rings. The summed E-state index contributed by atoms with van der Waals surface area (Å²) in [5, 5.41) is 7.36. The maximum absolute atomic E-state index is 12.4. The zero-order valence-corrected chi connectivity index (χ0v) is 26.1. The Labute approximate surface area is 239 Å². The van der Waals surface area contributed by atoms with Crippen molar-refractivity contribution in [2.45, 2.75) is 96.8 Å². The molecule has 1 amide bonds. The average molecular weight is 543 g/mol. The summed E-state index contributed by atoms with van der Waals surface area (Å²) in [5.74, 6) is 0.341. The number of nitrogens with zero attached hydrogens (tertiary/aromatic N) is 4. The van der Waals surface area contributed by atoms with E-state index in [2.05, 4.69) is 109 Å². The van der Waals surface area contributed by atoms with E-state index in [1.165, 1.54) is 18.5 Å². The third-order valence-electron chi connectivity index (χ3n) is 7.98. The lowest BCUT2D eigenvalue weighted by Gasteiger charge is -2.37. The smallest absolute Gasteiger partial charge is 0.223 e. The first-order valence-electron chi connectivity index (χ1n) is 15.4. The molecular weight excluding hydrogens is 484 g/mol. The number of hydrogen-bond donors (Lipinski definition) is 2. The van der Waals surface area contributed by atoms with Crippen molar-refractivity contribution in [3.63, 3.8) is 0 Å². The number of nitrogens with one attached hydrogen (secondary N) is 2. The summed E-state index contributed by atoms with van der Waals surface area (Å²) in [4.78, 5) is 21.7. The van der Waals surface area contributed by atoms with Crippen molar-refractivity contribution < 1.29 is 4.79 Å². The lowest BCUT2D eigenvalue weighted by atomic mass is 9.99. The first kappa shape index (κ1) is 31.9. The van der Waals surface area contributed by atoms with E-state index in [-0.39, 0.29) is 11.1 Å². The Bertz CT molecular complexity index is 824. The highest BCUT2D eigenvalue weighted by atomic mass is 16.2. The highest BCUT2D eigenvalue weighted by Crippen LogP contribution is 2.20. The van der Waals surface area contributed by atoms with Gasteiger partial charge in [0.25, 0.3) is 0 Å². The second-order valence-corrected chi connectivity index (χ2v) is 13.9. The molecule has 7 nitrogen and oxygen atoms in total. The fourth-order valence-corrected chi connectivity index (χ4v) is 5.90. The summed E-state index contributed by atoms with van der Waals surface area (Å²) in [6.45, 7) is 22.9. The van der Waals surface area contributed by atoms with Gasteiger partial charge in [0.15, 0.2) is 0 Å². The van der Waals surface area contributed by atoms with Crippen LogP contribution >= 0.6 is 0 Å². The highest BCUT2D eigenvalue weighted by molar-refractivity contribution is 5.76. The van der Waals surface area contributed by atoms with Crippen molar-refractivity contribution in [3.05, 3.63) is 30.3 Å². The minimum atomic E-state index is 0.165. The molecule has 3 aliphatic heterocycles. The van der Waals surface area contributed by atoms with E-state index in [1.807, 2.05) is 0 Å². The number of piperazine rings is 1. The molecule has 4 rings (SSSR count). The van der Waals surface area contributed by atoms with Gasteiger partial charge in [-0.05, 0) is 86.4 Å². The van der Waals surface area contributed by atoms with Gasteiger partial charge in [0, 0.05) is 94.2 Å². The van der Waals surface area contributed by atoms with Crippen LogP contribution in [0, 0.1) is 0 Å². The Kier molecular flexibility index (Phi) is 12.1. The van der Waals surface area contributed by atoms with Crippen molar-refractivity contribution in [3.8, 4) is 0 Å². The van der Waals surface area contributed by atoms with Gasteiger partial charge in [0.1, 0.15) is 0 Å². The van der Waals surface area contributed by atoms with Crippen LogP contribution in [-0.2, 0) is 4.79 Å². The van der Waals surface area contributed by atoms with Crippen LogP contribution in [0.15, 0.2) is 30.3 Å². The Hall–Kier alpha value is -1.67. The number of hydrogen-bond acceptors (Lipinski definition) is 6. The molecular formula is C32H58N6O. The minimum absolute atomic E-state index is 0.165. The average Bonchev–Trinajstić information content (AvgIpc) is 2.88. The van der Waals surface area contributed by atoms with Crippen molar-refractivity contribution in [2.75, 3.05) is 70.9 Å². The van der Waals surface area contributed by atoms with Gasteiger partial charge in [-0.2, -0.15) is 0 Å². The van der Waals surface area contributed by atoms with Crippen LogP contribution in [0.5, 0.6) is 0 Å². The summed E-state index contributed by atoms with van der Waals surface area (Å²) in [6, 6.07) is 12.0. The normalized spacial score (nSPS) is 21.0. The lowest BCUT2D eigenvalue weighted by Crippen LogP contribution is -2.51. The molecule has 0 aliphatic carbocycles. The van der Waals surface area contributed by atoms with Gasteiger partial charge < -0.3 is 30.2 Å².